The van der Waals surface area contributed by atoms with E-state index in [9.17, 15) is 25.5 Å². The van der Waals surface area contributed by atoms with Gasteiger partial charge in [-0.15, -0.1) is 0 Å². The Labute approximate surface area is 260 Å². The molecule has 0 amide bonds. The van der Waals surface area contributed by atoms with Crippen molar-refractivity contribution in [2.45, 2.75) is 69.0 Å². The van der Waals surface area contributed by atoms with Crippen LogP contribution in [0, 0.1) is 0 Å². The molecule has 2 fully saturated rings. The molecule has 2 heterocycles. The Bertz CT molecular complexity index is 1490. The predicted octanol–water partition coefficient (Wildman–Crippen LogP) is 5.43. The van der Waals surface area contributed by atoms with E-state index in [1.807, 2.05) is 31.2 Å². The van der Waals surface area contributed by atoms with Crippen LogP contribution in [0.15, 0.2) is 79.9 Å². The van der Waals surface area contributed by atoms with E-state index < -0.39 is 37.1 Å². The van der Waals surface area contributed by atoms with Gasteiger partial charge in [-0.1, -0.05) is 61.7 Å². The molecular weight excluding hydrogens is 554 g/mol. The van der Waals surface area contributed by atoms with Crippen molar-refractivity contribution < 1.29 is 30.3 Å². The van der Waals surface area contributed by atoms with Gasteiger partial charge in [0.2, 0.25) is 0 Å². The van der Waals surface area contributed by atoms with E-state index in [2.05, 4.69) is 60.5 Å². The number of rotatable bonds is 10. The molecule has 2 aliphatic heterocycles. The summed E-state index contributed by atoms with van der Waals surface area (Å²) in [4.78, 5) is 2.42. The molecule has 7 heteroatoms. The van der Waals surface area contributed by atoms with Gasteiger partial charge in [0, 0.05) is 5.56 Å². The third-order valence-corrected chi connectivity index (χ3v) is 9.26. The first-order valence-electron chi connectivity index (χ1n) is 15.6. The molecule has 5 rings (SSSR count). The molecule has 0 aromatic heterocycles. The number of aliphatic hydroxyl groups excluding tert-OH is 5. The zero-order valence-electron chi connectivity index (χ0n) is 25.5. The monoisotopic (exact) mass is 599 g/mol. The number of likely N-dealkylation sites (tertiary alicyclic amines) is 1. The summed E-state index contributed by atoms with van der Waals surface area (Å²) in [6.07, 6.45) is 2.18. The predicted molar refractivity (Wildman–Crippen MR) is 176 cm³/mol. The zero-order valence-corrected chi connectivity index (χ0v) is 25.5. The number of ether oxygens (including phenoxy) is 1. The molecular formula is C37H45NO6. The van der Waals surface area contributed by atoms with Crippen LogP contribution in [-0.4, -0.2) is 87.2 Å². The standard InChI is InChI=1S/C37H45NO6/c1-4-6-23(2)28-12-13-31-30(19-28)20-29(24(3)40)21-32(31)27-10-8-25(9-11-27)26-14-17-38(18-15-26)16-5-7-33-35(41)37(43)36(42)34(22-39)44-33/h4,6,8-13,19-21,26,33-37,39-43H,2-3,5,7,14-18,22H2,1H3/b6-4-. The Kier molecular flexibility index (Phi) is 10.4. The van der Waals surface area contributed by atoms with Gasteiger partial charge >= 0.3 is 0 Å². The van der Waals surface area contributed by atoms with Gasteiger partial charge < -0.3 is 35.2 Å². The van der Waals surface area contributed by atoms with Crippen molar-refractivity contribution in [2.24, 2.45) is 0 Å². The second-order valence-electron chi connectivity index (χ2n) is 12.2. The number of fused-ring (bicyclic) bond motifs is 1. The van der Waals surface area contributed by atoms with E-state index in [-0.39, 0.29) is 5.76 Å². The van der Waals surface area contributed by atoms with Crippen LogP contribution in [0.4, 0.5) is 0 Å². The Morgan fingerprint density at radius 3 is 2.25 bits per heavy atom. The number of hydrogen-bond donors (Lipinski definition) is 5. The van der Waals surface area contributed by atoms with Crippen LogP contribution in [-0.2, 0) is 4.74 Å². The number of benzene rings is 3. The third kappa shape index (κ3) is 6.99. The molecule has 0 aliphatic carbocycles. The molecule has 5 N–H and O–H groups in total. The first kappa shape index (κ1) is 32.1. The molecule has 44 heavy (non-hydrogen) atoms. The minimum atomic E-state index is -1.31. The smallest absolute Gasteiger partial charge is 0.115 e. The first-order valence-corrected chi connectivity index (χ1v) is 15.6. The van der Waals surface area contributed by atoms with Crippen molar-refractivity contribution in [3.8, 4) is 11.1 Å². The molecule has 3 aromatic carbocycles. The Morgan fingerprint density at radius 2 is 1.59 bits per heavy atom. The maximum atomic E-state index is 10.3. The van der Waals surface area contributed by atoms with Gasteiger partial charge in [0.15, 0.2) is 0 Å². The maximum absolute atomic E-state index is 10.3. The molecule has 7 nitrogen and oxygen atoms in total. The molecule has 2 aliphatic rings. The summed E-state index contributed by atoms with van der Waals surface area (Å²) in [6.45, 7) is 12.3. The topological polar surface area (TPSA) is 114 Å². The van der Waals surface area contributed by atoms with Crippen LogP contribution in [0.1, 0.15) is 55.2 Å². The first-order chi connectivity index (χ1) is 21.2. The van der Waals surface area contributed by atoms with E-state index in [1.54, 1.807) is 0 Å². The second kappa shape index (κ2) is 14.2. The van der Waals surface area contributed by atoms with E-state index in [1.165, 1.54) is 5.56 Å². The van der Waals surface area contributed by atoms with Gasteiger partial charge in [-0.3, -0.25) is 0 Å². The highest BCUT2D eigenvalue weighted by Gasteiger charge is 2.42. The number of piperidine rings is 1. The van der Waals surface area contributed by atoms with Crippen LogP contribution in [0.5, 0.6) is 0 Å². The van der Waals surface area contributed by atoms with Crippen LogP contribution < -0.4 is 0 Å². The van der Waals surface area contributed by atoms with E-state index in [4.69, 9.17) is 4.74 Å². The molecule has 5 atom stereocenters. The van der Waals surface area contributed by atoms with E-state index in [0.717, 1.165) is 71.9 Å². The SMILES string of the molecule is C=C(O)c1cc(-c2ccc(C3CCN(CCCC4OC(CO)C(O)C(O)C4O)CC3)cc2)c2ccc(C(=C)/C=C\C)cc2c1. The Balaban J connectivity index is 1.21. The van der Waals surface area contributed by atoms with Crippen LogP contribution in [0.25, 0.3) is 33.2 Å². The number of aliphatic hydroxyl groups is 5. The largest absolute Gasteiger partial charge is 0.508 e. The van der Waals surface area contributed by atoms with Gasteiger partial charge in [-0.25, -0.2) is 0 Å². The van der Waals surface area contributed by atoms with Crippen molar-refractivity contribution in [3.63, 3.8) is 0 Å². The van der Waals surface area contributed by atoms with E-state index in [0.29, 0.717) is 17.9 Å². The number of hydrogen-bond acceptors (Lipinski definition) is 7. The van der Waals surface area contributed by atoms with Gasteiger partial charge in [-0.05, 0) is 115 Å². The lowest BCUT2D eigenvalue weighted by Crippen LogP contribution is -2.58. The maximum Gasteiger partial charge on any atom is 0.115 e. The summed E-state index contributed by atoms with van der Waals surface area (Å²) >= 11 is 0. The summed E-state index contributed by atoms with van der Waals surface area (Å²) < 4.78 is 5.65. The van der Waals surface area contributed by atoms with Crippen LogP contribution >= 0.6 is 0 Å². The molecule has 0 radical (unpaired) electrons. The van der Waals surface area contributed by atoms with Crippen molar-refractivity contribution in [2.75, 3.05) is 26.2 Å². The lowest BCUT2D eigenvalue weighted by atomic mass is 9.87. The molecule has 234 valence electrons. The Morgan fingerprint density at radius 1 is 0.909 bits per heavy atom. The second-order valence-corrected chi connectivity index (χ2v) is 12.2. The lowest BCUT2D eigenvalue weighted by molar-refractivity contribution is -0.230. The van der Waals surface area contributed by atoms with Crippen molar-refractivity contribution in [1.82, 2.24) is 4.90 Å². The van der Waals surface area contributed by atoms with Crippen LogP contribution in [0.3, 0.4) is 0 Å². The van der Waals surface area contributed by atoms with Gasteiger partial charge in [0.25, 0.3) is 0 Å². The zero-order chi connectivity index (χ0) is 31.4. The minimum absolute atomic E-state index is 0.0439. The van der Waals surface area contributed by atoms with Gasteiger partial charge in [0.05, 0.1) is 12.7 Å². The van der Waals surface area contributed by atoms with E-state index >= 15 is 0 Å². The highest BCUT2D eigenvalue weighted by molar-refractivity contribution is 6.00. The Hall–Kier alpha value is -3.30. The van der Waals surface area contributed by atoms with Gasteiger partial charge in [0.1, 0.15) is 30.2 Å². The fourth-order valence-electron chi connectivity index (χ4n) is 6.63. The summed E-state index contributed by atoms with van der Waals surface area (Å²) in [7, 11) is 0. The number of allylic oxidation sites excluding steroid dienone is 3. The quantitative estimate of drug-likeness (QED) is 0.156. The fourth-order valence-corrected chi connectivity index (χ4v) is 6.63. The minimum Gasteiger partial charge on any atom is -0.508 e. The average Bonchev–Trinajstić information content (AvgIpc) is 3.04. The number of nitrogens with zero attached hydrogens (tertiary/aromatic N) is 1. The average molecular weight is 600 g/mol. The highest BCUT2D eigenvalue weighted by Crippen LogP contribution is 2.36. The molecule has 0 saturated carbocycles. The molecule has 5 unspecified atom stereocenters. The molecule has 0 spiro atoms. The van der Waals surface area contributed by atoms with Crippen molar-refractivity contribution in [3.05, 3.63) is 96.6 Å². The summed E-state index contributed by atoms with van der Waals surface area (Å²) in [5.74, 6) is 0.522. The normalized spacial score (nSPS) is 25.1. The van der Waals surface area contributed by atoms with Gasteiger partial charge in [-0.2, -0.15) is 0 Å². The summed E-state index contributed by atoms with van der Waals surface area (Å²) in [5, 5.41) is 52.1. The highest BCUT2D eigenvalue weighted by atomic mass is 16.5. The molecule has 3 aromatic rings. The van der Waals surface area contributed by atoms with Crippen molar-refractivity contribution >= 4 is 22.1 Å². The van der Waals surface area contributed by atoms with Crippen molar-refractivity contribution in [1.29, 1.82) is 0 Å². The van der Waals surface area contributed by atoms with Crippen LogP contribution in [0.2, 0.25) is 0 Å². The third-order valence-electron chi connectivity index (χ3n) is 9.26. The molecule has 0 bridgehead atoms. The summed E-state index contributed by atoms with van der Waals surface area (Å²) in [6, 6.07) is 19.1. The molecule has 2 saturated heterocycles. The fraction of sp³-hybridized carbons (Fsp3) is 0.405. The lowest BCUT2D eigenvalue weighted by Gasteiger charge is -2.40. The summed E-state index contributed by atoms with van der Waals surface area (Å²) in [5.41, 5.74) is 6.14.